The first kappa shape index (κ1) is 13.6. The lowest BCUT2D eigenvalue weighted by Crippen LogP contribution is -2.47. The summed E-state index contributed by atoms with van der Waals surface area (Å²) in [6.45, 7) is 3.27. The van der Waals surface area contributed by atoms with E-state index >= 15 is 0 Å². The fraction of sp³-hybridized carbons (Fsp3) is 0.923. The lowest BCUT2D eigenvalue weighted by atomic mass is 10.1. The largest absolute Gasteiger partial charge is 0.377 e. The number of hydrogen-bond donors (Lipinski definition) is 2. The number of nitrogens with zero attached hydrogens (tertiary/aromatic N) is 1. The zero-order valence-electron chi connectivity index (χ0n) is 11.1. The van der Waals surface area contributed by atoms with Crippen LogP contribution in [-0.4, -0.2) is 49.3 Å². The molecule has 3 N–H and O–H groups in total. The van der Waals surface area contributed by atoms with Gasteiger partial charge in [0.15, 0.2) is 0 Å². The molecule has 1 saturated heterocycles. The van der Waals surface area contributed by atoms with E-state index in [0.717, 1.165) is 39.1 Å². The van der Waals surface area contributed by atoms with Gasteiger partial charge in [-0.1, -0.05) is 12.8 Å². The maximum absolute atomic E-state index is 11.0. The number of urea groups is 1. The maximum Gasteiger partial charge on any atom is 0.314 e. The molecule has 1 heterocycles. The Hall–Kier alpha value is -0.810. The summed E-state index contributed by atoms with van der Waals surface area (Å²) in [5.41, 5.74) is 5.25. The lowest BCUT2D eigenvalue weighted by Gasteiger charge is -2.31. The van der Waals surface area contributed by atoms with Gasteiger partial charge in [0.2, 0.25) is 0 Å². The molecule has 2 fully saturated rings. The van der Waals surface area contributed by atoms with E-state index in [9.17, 15) is 4.79 Å². The molecule has 0 spiro atoms. The Morgan fingerprint density at radius 3 is 2.50 bits per heavy atom. The summed E-state index contributed by atoms with van der Waals surface area (Å²) in [6.07, 6.45) is 7.60. The minimum absolute atomic E-state index is 0.294. The quantitative estimate of drug-likeness (QED) is 0.722. The smallest absolute Gasteiger partial charge is 0.314 e. The first-order chi connectivity index (χ1) is 8.75. The Morgan fingerprint density at radius 1 is 1.22 bits per heavy atom. The van der Waals surface area contributed by atoms with Gasteiger partial charge < -0.3 is 20.7 Å². The molecule has 0 atom stereocenters. The Bertz CT molecular complexity index is 259. The third-order valence-corrected chi connectivity index (χ3v) is 4.00. The van der Waals surface area contributed by atoms with E-state index in [4.69, 9.17) is 10.5 Å². The Kier molecular flexibility index (Phi) is 5.26. The average molecular weight is 255 g/mol. The van der Waals surface area contributed by atoms with Crippen LogP contribution in [0.4, 0.5) is 4.79 Å². The number of rotatable bonds is 5. The Morgan fingerprint density at radius 2 is 1.89 bits per heavy atom. The summed E-state index contributed by atoms with van der Waals surface area (Å²) in [6, 6.07) is 0.214. The number of carbonyl (C=O) groups is 1. The van der Waals surface area contributed by atoms with Crippen LogP contribution < -0.4 is 11.1 Å². The van der Waals surface area contributed by atoms with Crippen LogP contribution >= 0.6 is 0 Å². The predicted molar refractivity (Wildman–Crippen MR) is 70.4 cm³/mol. The lowest BCUT2D eigenvalue weighted by molar-refractivity contribution is 0.0579. The summed E-state index contributed by atoms with van der Waals surface area (Å²) in [4.78, 5) is 12.7. The molecule has 0 unspecified atom stereocenters. The third-order valence-electron chi connectivity index (χ3n) is 4.00. The number of carbonyl (C=O) groups excluding carboxylic acids is 1. The second-order valence-corrected chi connectivity index (χ2v) is 5.33. The van der Waals surface area contributed by atoms with E-state index in [1.165, 1.54) is 25.7 Å². The summed E-state index contributed by atoms with van der Waals surface area (Å²) >= 11 is 0. The molecule has 0 bridgehead atoms. The van der Waals surface area contributed by atoms with Crippen molar-refractivity contribution >= 4 is 6.03 Å². The van der Waals surface area contributed by atoms with Crippen molar-refractivity contribution < 1.29 is 9.53 Å². The second-order valence-electron chi connectivity index (χ2n) is 5.33. The van der Waals surface area contributed by atoms with Crippen molar-refractivity contribution in [2.24, 2.45) is 5.73 Å². The van der Waals surface area contributed by atoms with Gasteiger partial charge in [-0.05, 0) is 25.7 Å². The fourth-order valence-electron chi connectivity index (χ4n) is 2.85. The molecular weight excluding hydrogens is 230 g/mol. The minimum Gasteiger partial charge on any atom is -0.377 e. The molecular formula is C13H25N3O2. The zero-order chi connectivity index (χ0) is 12.8. The number of nitrogens with one attached hydrogen (secondary N) is 1. The van der Waals surface area contributed by atoms with Crippen molar-refractivity contribution in [3.8, 4) is 0 Å². The van der Waals surface area contributed by atoms with Gasteiger partial charge in [0.05, 0.1) is 12.7 Å². The molecule has 2 amide bonds. The van der Waals surface area contributed by atoms with E-state index in [2.05, 4.69) is 5.32 Å². The van der Waals surface area contributed by atoms with E-state index in [-0.39, 0.29) is 6.03 Å². The Balaban J connectivity index is 1.51. The van der Waals surface area contributed by atoms with Crippen molar-refractivity contribution in [3.05, 3.63) is 0 Å². The molecule has 5 heteroatoms. The molecule has 0 aromatic carbocycles. The normalized spacial score (nSPS) is 22.6. The van der Waals surface area contributed by atoms with E-state index < -0.39 is 0 Å². The molecule has 104 valence electrons. The van der Waals surface area contributed by atoms with Gasteiger partial charge in [-0.2, -0.15) is 0 Å². The third kappa shape index (κ3) is 4.14. The van der Waals surface area contributed by atoms with Crippen molar-refractivity contribution in [2.75, 3.05) is 26.2 Å². The topological polar surface area (TPSA) is 67.6 Å². The summed E-state index contributed by atoms with van der Waals surface area (Å²) in [5.74, 6) is 0. The number of piperidine rings is 1. The average Bonchev–Trinajstić information content (AvgIpc) is 2.88. The molecule has 0 aromatic heterocycles. The number of amides is 2. The van der Waals surface area contributed by atoms with E-state index in [1.54, 1.807) is 4.90 Å². The highest BCUT2D eigenvalue weighted by Crippen LogP contribution is 2.20. The zero-order valence-corrected chi connectivity index (χ0v) is 11.1. The number of likely N-dealkylation sites (tertiary alicyclic amines) is 1. The van der Waals surface area contributed by atoms with Crippen LogP contribution in [0.15, 0.2) is 0 Å². The molecule has 1 aliphatic carbocycles. The number of primary amides is 1. The van der Waals surface area contributed by atoms with Crippen LogP contribution in [0.2, 0.25) is 0 Å². The number of nitrogens with two attached hydrogens (primary N) is 1. The molecule has 1 saturated carbocycles. The number of hydrogen-bond acceptors (Lipinski definition) is 3. The van der Waals surface area contributed by atoms with Gasteiger partial charge in [-0.3, -0.25) is 0 Å². The van der Waals surface area contributed by atoms with E-state index in [0.29, 0.717) is 12.1 Å². The molecule has 5 nitrogen and oxygen atoms in total. The molecule has 0 radical (unpaired) electrons. The van der Waals surface area contributed by atoms with Crippen LogP contribution in [0.25, 0.3) is 0 Å². The molecule has 2 aliphatic rings. The second kappa shape index (κ2) is 6.95. The minimum atomic E-state index is -0.294. The molecule has 18 heavy (non-hydrogen) atoms. The van der Waals surface area contributed by atoms with Crippen LogP contribution in [0, 0.1) is 0 Å². The van der Waals surface area contributed by atoms with Gasteiger partial charge in [-0.15, -0.1) is 0 Å². The van der Waals surface area contributed by atoms with Crippen LogP contribution in [-0.2, 0) is 4.74 Å². The van der Waals surface area contributed by atoms with Gasteiger partial charge in [-0.25, -0.2) is 4.79 Å². The van der Waals surface area contributed by atoms with Crippen LogP contribution in [0.5, 0.6) is 0 Å². The van der Waals surface area contributed by atoms with Crippen molar-refractivity contribution in [1.29, 1.82) is 0 Å². The summed E-state index contributed by atoms with van der Waals surface area (Å²) in [7, 11) is 0. The van der Waals surface area contributed by atoms with Crippen molar-refractivity contribution in [2.45, 2.75) is 50.7 Å². The summed E-state index contributed by atoms with van der Waals surface area (Å²) < 4.78 is 5.81. The highest BCUT2D eigenvalue weighted by molar-refractivity contribution is 5.72. The molecule has 0 aromatic rings. The first-order valence-electron chi connectivity index (χ1n) is 7.15. The van der Waals surface area contributed by atoms with Gasteiger partial charge in [0.1, 0.15) is 0 Å². The van der Waals surface area contributed by atoms with Crippen molar-refractivity contribution in [3.63, 3.8) is 0 Å². The maximum atomic E-state index is 11.0. The SMILES string of the molecule is NC(=O)N1CCC(NCCOC2CCCC2)CC1. The first-order valence-corrected chi connectivity index (χ1v) is 7.15. The standard InChI is InChI=1S/C13H25N3O2/c14-13(17)16-8-5-11(6-9-16)15-7-10-18-12-3-1-2-4-12/h11-12,15H,1-10H2,(H2,14,17). The van der Waals surface area contributed by atoms with Gasteiger partial charge in [0, 0.05) is 25.7 Å². The monoisotopic (exact) mass is 255 g/mol. The molecule has 1 aliphatic heterocycles. The van der Waals surface area contributed by atoms with Gasteiger partial charge >= 0.3 is 6.03 Å². The van der Waals surface area contributed by atoms with Crippen LogP contribution in [0.3, 0.4) is 0 Å². The number of ether oxygens (including phenoxy) is 1. The fourth-order valence-corrected chi connectivity index (χ4v) is 2.85. The van der Waals surface area contributed by atoms with Crippen LogP contribution in [0.1, 0.15) is 38.5 Å². The highest BCUT2D eigenvalue weighted by atomic mass is 16.5. The Labute approximate surface area is 109 Å². The van der Waals surface area contributed by atoms with Gasteiger partial charge in [0.25, 0.3) is 0 Å². The molecule has 2 rings (SSSR count). The van der Waals surface area contributed by atoms with E-state index in [1.807, 2.05) is 0 Å². The van der Waals surface area contributed by atoms with Crippen molar-refractivity contribution in [1.82, 2.24) is 10.2 Å². The predicted octanol–water partition coefficient (Wildman–Crippen LogP) is 1.08. The highest BCUT2D eigenvalue weighted by Gasteiger charge is 2.20. The summed E-state index contributed by atoms with van der Waals surface area (Å²) in [5, 5.41) is 3.50.